The molecule has 0 bridgehead atoms. The number of hydrogen-bond acceptors (Lipinski definition) is 8. The lowest BCUT2D eigenvalue weighted by Crippen LogP contribution is -2.38. The predicted octanol–water partition coefficient (Wildman–Crippen LogP) is 5.14. The van der Waals surface area contributed by atoms with Gasteiger partial charge in [-0.05, 0) is 55.3 Å². The molecule has 0 spiro atoms. The molecule has 3 aliphatic rings. The number of fused-ring (bicyclic) bond motifs is 1. The first kappa shape index (κ1) is 39.1. The van der Waals surface area contributed by atoms with Gasteiger partial charge in [0, 0.05) is 24.7 Å². The summed E-state index contributed by atoms with van der Waals surface area (Å²) in [6, 6.07) is -0.155. The standard InChI is InChI=1S/C19H18F3N7O3.C6H10F2.C3H5F2NO.C2H6/c20-19(21,22)13-5-11(17(30)26-13)3-9-4-14-25-12(8-29(14)24-6-9)7-23-18(31)16-15(10-1-2-10)27-32-28-16;7-6(8)4-2-1-3-5-6;4-3(5)1-6-2-7;1-2/h4,6,8,10-11,13H,1-3,5,7H2,(H,23,31)(H,26,30);1-5H2;2-3H,1H2,(H,6,7);1-2H3. The van der Waals surface area contributed by atoms with Crippen LogP contribution in [0.3, 0.4) is 0 Å². The fourth-order valence-corrected chi connectivity index (χ4v) is 5.02. The maximum Gasteiger partial charge on any atom is 0.408 e. The molecular weight excluding hydrogens is 669 g/mol. The number of nitrogens with one attached hydrogen (secondary N) is 3. The van der Waals surface area contributed by atoms with Gasteiger partial charge in [-0.25, -0.2) is 31.7 Å². The molecule has 1 aliphatic heterocycles. The van der Waals surface area contributed by atoms with Crippen LogP contribution in [0.2, 0.25) is 0 Å². The van der Waals surface area contributed by atoms with Crippen molar-refractivity contribution in [2.24, 2.45) is 5.92 Å². The smallest absolute Gasteiger partial charge is 0.353 e. The number of amides is 3. The van der Waals surface area contributed by atoms with Gasteiger partial charge in [0.05, 0.1) is 31.2 Å². The Morgan fingerprint density at radius 1 is 1.16 bits per heavy atom. The van der Waals surface area contributed by atoms with Crippen LogP contribution in [0, 0.1) is 5.92 Å². The summed E-state index contributed by atoms with van der Waals surface area (Å²) in [6.45, 7) is 3.57. The molecule has 3 fully saturated rings. The van der Waals surface area contributed by atoms with Crippen LogP contribution in [0.15, 0.2) is 23.1 Å². The molecular formula is C30H39F7N8O4. The molecule has 2 unspecified atom stereocenters. The first-order valence-corrected chi connectivity index (χ1v) is 15.9. The van der Waals surface area contributed by atoms with Crippen molar-refractivity contribution in [3.8, 4) is 0 Å². The lowest BCUT2D eigenvalue weighted by atomic mass is 9.97. The van der Waals surface area contributed by atoms with Gasteiger partial charge >= 0.3 is 6.18 Å². The molecule has 0 aromatic carbocycles. The molecule has 6 rings (SSSR count). The minimum absolute atomic E-state index is 0.118. The molecule has 2 atom stereocenters. The van der Waals surface area contributed by atoms with E-state index in [2.05, 4.69) is 30.3 Å². The lowest BCUT2D eigenvalue weighted by molar-refractivity contribution is -0.154. The number of alkyl halides is 7. The van der Waals surface area contributed by atoms with Gasteiger partial charge in [-0.3, -0.25) is 14.4 Å². The van der Waals surface area contributed by atoms with E-state index >= 15 is 0 Å². The van der Waals surface area contributed by atoms with Gasteiger partial charge < -0.3 is 16.0 Å². The van der Waals surface area contributed by atoms with Crippen LogP contribution in [0.5, 0.6) is 0 Å². The highest BCUT2D eigenvalue weighted by molar-refractivity contribution is 5.93. The van der Waals surface area contributed by atoms with E-state index in [4.69, 9.17) is 0 Å². The van der Waals surface area contributed by atoms with Crippen LogP contribution in [-0.2, 0) is 22.6 Å². The largest absolute Gasteiger partial charge is 0.408 e. The van der Waals surface area contributed by atoms with Crippen molar-refractivity contribution < 1.29 is 49.7 Å². The average molecular weight is 709 g/mol. The fraction of sp³-hybridized carbons (Fsp3) is 0.633. The summed E-state index contributed by atoms with van der Waals surface area (Å²) in [5, 5.41) is 18.2. The molecule has 3 aromatic heterocycles. The van der Waals surface area contributed by atoms with Crippen molar-refractivity contribution in [2.75, 3.05) is 6.54 Å². The molecule has 2 aliphatic carbocycles. The Labute approximate surface area is 276 Å². The maximum atomic E-state index is 12.9. The minimum Gasteiger partial charge on any atom is -0.353 e. The van der Waals surface area contributed by atoms with Crippen LogP contribution < -0.4 is 16.0 Å². The monoisotopic (exact) mass is 708 g/mol. The third kappa shape index (κ3) is 12.3. The van der Waals surface area contributed by atoms with Gasteiger partial charge in [0.1, 0.15) is 11.7 Å². The molecule has 12 nitrogen and oxygen atoms in total. The van der Waals surface area contributed by atoms with Crippen LogP contribution >= 0.6 is 0 Å². The van der Waals surface area contributed by atoms with Crippen LogP contribution in [0.4, 0.5) is 30.7 Å². The highest BCUT2D eigenvalue weighted by Crippen LogP contribution is 2.40. The summed E-state index contributed by atoms with van der Waals surface area (Å²) < 4.78 is 91.2. The van der Waals surface area contributed by atoms with E-state index in [-0.39, 0.29) is 50.2 Å². The van der Waals surface area contributed by atoms with E-state index in [0.717, 1.165) is 19.3 Å². The zero-order valence-electron chi connectivity index (χ0n) is 26.9. The lowest BCUT2D eigenvalue weighted by Gasteiger charge is -2.20. The second kappa shape index (κ2) is 17.9. The van der Waals surface area contributed by atoms with Gasteiger partial charge in [0.2, 0.25) is 18.2 Å². The first-order valence-electron chi connectivity index (χ1n) is 15.9. The highest BCUT2D eigenvalue weighted by Gasteiger charge is 2.47. The molecule has 0 radical (unpaired) electrons. The Kier molecular flexibility index (Phi) is 14.3. The van der Waals surface area contributed by atoms with E-state index in [1.165, 1.54) is 10.7 Å². The van der Waals surface area contributed by atoms with Crippen molar-refractivity contribution in [1.29, 1.82) is 0 Å². The first-order chi connectivity index (χ1) is 23.3. The molecule has 49 heavy (non-hydrogen) atoms. The number of rotatable bonds is 9. The molecule has 272 valence electrons. The minimum atomic E-state index is -4.46. The van der Waals surface area contributed by atoms with E-state index in [9.17, 15) is 45.1 Å². The third-order valence-corrected chi connectivity index (χ3v) is 7.58. The predicted molar refractivity (Wildman–Crippen MR) is 160 cm³/mol. The summed E-state index contributed by atoms with van der Waals surface area (Å²) >= 11 is 0. The van der Waals surface area contributed by atoms with Gasteiger partial charge in [-0.1, -0.05) is 25.4 Å². The zero-order chi connectivity index (χ0) is 36.2. The number of hydrogen-bond donors (Lipinski definition) is 3. The van der Waals surface area contributed by atoms with Gasteiger partial charge in [-0.2, -0.15) is 18.3 Å². The molecule has 3 amide bonds. The topological polar surface area (TPSA) is 156 Å². The van der Waals surface area contributed by atoms with Gasteiger partial charge in [0.25, 0.3) is 12.3 Å². The number of halogens is 7. The summed E-state index contributed by atoms with van der Waals surface area (Å²) in [4.78, 5) is 37.9. The Balaban J connectivity index is 0.000000316. The summed E-state index contributed by atoms with van der Waals surface area (Å²) in [5.41, 5.74) is 2.32. The average Bonchev–Trinajstić information content (AvgIpc) is 3.44. The molecule has 4 heterocycles. The number of nitrogens with zero attached hydrogens (tertiary/aromatic N) is 5. The number of carbonyl (C=O) groups excluding carboxylic acids is 3. The number of carbonyl (C=O) groups is 3. The number of aromatic nitrogens is 5. The molecule has 2 saturated carbocycles. The molecule has 3 aromatic rings. The number of imidazole rings is 1. The molecule has 19 heteroatoms. The quantitative estimate of drug-likeness (QED) is 0.204. The highest BCUT2D eigenvalue weighted by atomic mass is 19.4. The summed E-state index contributed by atoms with van der Waals surface area (Å²) in [6.07, 6.45) is 0.854. The van der Waals surface area contributed by atoms with Crippen molar-refractivity contribution in [1.82, 2.24) is 40.9 Å². The Bertz CT molecular complexity index is 1500. The third-order valence-electron chi connectivity index (χ3n) is 7.58. The molecule has 3 N–H and O–H groups in total. The summed E-state index contributed by atoms with van der Waals surface area (Å²) in [5.74, 6) is -3.92. The van der Waals surface area contributed by atoms with E-state index < -0.39 is 48.8 Å². The van der Waals surface area contributed by atoms with Crippen LogP contribution in [0.1, 0.15) is 98.6 Å². The second-order valence-electron chi connectivity index (χ2n) is 11.4. The zero-order valence-corrected chi connectivity index (χ0v) is 26.9. The van der Waals surface area contributed by atoms with E-state index in [1.54, 1.807) is 12.3 Å². The van der Waals surface area contributed by atoms with Gasteiger partial charge in [0.15, 0.2) is 11.3 Å². The summed E-state index contributed by atoms with van der Waals surface area (Å²) in [7, 11) is 0. The Morgan fingerprint density at radius 3 is 2.39 bits per heavy atom. The normalized spacial score (nSPS) is 19.8. The Hall–Kier alpha value is -4.32. The van der Waals surface area contributed by atoms with Gasteiger partial charge in [-0.15, -0.1) is 0 Å². The maximum absolute atomic E-state index is 12.9. The van der Waals surface area contributed by atoms with E-state index in [1.807, 2.05) is 24.5 Å². The fourth-order valence-electron chi connectivity index (χ4n) is 5.02. The van der Waals surface area contributed by atoms with Crippen molar-refractivity contribution in [2.45, 2.75) is 109 Å². The van der Waals surface area contributed by atoms with Crippen molar-refractivity contribution in [3.63, 3.8) is 0 Å². The van der Waals surface area contributed by atoms with Crippen LogP contribution in [-0.4, -0.2) is 74.2 Å². The SMILES string of the molecule is CC.FC1(F)CCCCC1.O=C(NCc1cn2ncc(CC3CC(C(F)(F)F)NC3=O)cc2n1)c1nonc1C1CC1.O=CNCC(F)F. The van der Waals surface area contributed by atoms with E-state index in [0.29, 0.717) is 35.4 Å². The molecule has 1 saturated heterocycles. The second-order valence-corrected chi connectivity index (χ2v) is 11.4. The van der Waals surface area contributed by atoms with Crippen molar-refractivity contribution >= 4 is 23.9 Å². The Morgan fingerprint density at radius 2 is 1.86 bits per heavy atom. The van der Waals surface area contributed by atoms with Crippen LogP contribution in [0.25, 0.3) is 5.65 Å². The van der Waals surface area contributed by atoms with Crippen molar-refractivity contribution in [3.05, 3.63) is 41.1 Å².